The highest BCUT2D eigenvalue weighted by Crippen LogP contribution is 2.43. The zero-order chi connectivity index (χ0) is 25.3. The van der Waals surface area contributed by atoms with Gasteiger partial charge in [0.25, 0.3) is 11.8 Å². The van der Waals surface area contributed by atoms with Crippen LogP contribution in [-0.2, 0) is 11.0 Å². The molecule has 1 aliphatic heterocycles. The predicted octanol–water partition coefficient (Wildman–Crippen LogP) is 4.11. The number of thiazole rings is 1. The van der Waals surface area contributed by atoms with Crippen molar-refractivity contribution in [2.75, 3.05) is 24.7 Å². The van der Waals surface area contributed by atoms with E-state index in [2.05, 4.69) is 20.3 Å². The van der Waals surface area contributed by atoms with Crippen molar-refractivity contribution in [3.8, 4) is 16.3 Å². The Morgan fingerprint density at radius 2 is 1.94 bits per heavy atom. The molecule has 1 aromatic carbocycles. The van der Waals surface area contributed by atoms with Gasteiger partial charge in [-0.15, -0.1) is 11.3 Å². The molecule has 8 nitrogen and oxygen atoms in total. The summed E-state index contributed by atoms with van der Waals surface area (Å²) in [5.41, 5.74) is 1.10. The molecule has 184 valence electrons. The van der Waals surface area contributed by atoms with E-state index in [4.69, 9.17) is 4.74 Å². The first-order chi connectivity index (χ1) is 16.6. The fourth-order valence-electron chi connectivity index (χ4n) is 3.48. The Bertz CT molecular complexity index is 1260. The first-order valence-electron chi connectivity index (χ1n) is 10.4. The highest BCUT2D eigenvalue weighted by Gasteiger charge is 2.34. The Morgan fingerprint density at radius 1 is 1.23 bits per heavy atom. The van der Waals surface area contributed by atoms with Crippen molar-refractivity contribution in [1.29, 1.82) is 0 Å². The maximum Gasteiger partial charge on any atom is 0.451 e. The zero-order valence-corrected chi connectivity index (χ0v) is 19.3. The van der Waals surface area contributed by atoms with Gasteiger partial charge in [0, 0.05) is 34.6 Å². The first-order valence-corrected chi connectivity index (χ1v) is 11.2. The summed E-state index contributed by atoms with van der Waals surface area (Å²) in [4.78, 5) is 38.6. The number of benzene rings is 1. The van der Waals surface area contributed by atoms with Gasteiger partial charge in [0.15, 0.2) is 12.4 Å². The third-order valence-corrected chi connectivity index (χ3v) is 6.14. The number of alkyl halides is 4. The highest BCUT2D eigenvalue weighted by atomic mass is 32.1. The molecule has 4 rings (SSSR count). The maximum atomic E-state index is 13.2. The lowest BCUT2D eigenvalue weighted by Gasteiger charge is -2.30. The van der Waals surface area contributed by atoms with Crippen molar-refractivity contribution in [2.24, 2.45) is 0 Å². The number of anilines is 1. The number of ether oxygens (including phenoxy) is 1. The third kappa shape index (κ3) is 5.09. The Morgan fingerprint density at radius 3 is 2.54 bits per heavy atom. The number of nitrogens with one attached hydrogen (secondary N) is 1. The molecule has 2 aromatic heterocycles. The lowest BCUT2D eigenvalue weighted by atomic mass is 10.0. The average Bonchev–Trinajstić information content (AvgIpc) is 3.25. The summed E-state index contributed by atoms with van der Waals surface area (Å²) >= 11 is 1.35. The van der Waals surface area contributed by atoms with Crippen LogP contribution in [-0.4, -0.2) is 46.6 Å². The van der Waals surface area contributed by atoms with E-state index in [9.17, 15) is 27.2 Å². The molecule has 35 heavy (non-hydrogen) atoms. The summed E-state index contributed by atoms with van der Waals surface area (Å²) in [6.45, 7) is 2.14. The van der Waals surface area contributed by atoms with Crippen molar-refractivity contribution in [3.05, 3.63) is 52.6 Å². The summed E-state index contributed by atoms with van der Waals surface area (Å²) in [6, 6.07) is 2.23. The number of carbonyl (C=O) groups excluding carboxylic acids is 2. The van der Waals surface area contributed by atoms with Crippen LogP contribution in [0.3, 0.4) is 0 Å². The molecule has 0 fully saturated rings. The van der Waals surface area contributed by atoms with Crippen molar-refractivity contribution in [3.63, 3.8) is 0 Å². The van der Waals surface area contributed by atoms with Gasteiger partial charge in [-0.1, -0.05) is 0 Å². The Kier molecular flexibility index (Phi) is 6.70. The smallest absolute Gasteiger partial charge is 0.451 e. The molecule has 0 saturated heterocycles. The highest BCUT2D eigenvalue weighted by molar-refractivity contribution is 7.15. The molecule has 3 heterocycles. The van der Waals surface area contributed by atoms with E-state index in [-0.39, 0.29) is 30.0 Å². The fraction of sp³-hybridized carbons (Fsp3) is 0.318. The lowest BCUT2D eigenvalue weighted by molar-refractivity contribution is -0.145. The van der Waals surface area contributed by atoms with Gasteiger partial charge in [-0.3, -0.25) is 9.59 Å². The number of amides is 2. The summed E-state index contributed by atoms with van der Waals surface area (Å²) in [7, 11) is 0. The molecule has 0 spiro atoms. The van der Waals surface area contributed by atoms with Crippen molar-refractivity contribution < 1.29 is 31.9 Å². The van der Waals surface area contributed by atoms with E-state index in [1.54, 1.807) is 19.2 Å². The van der Waals surface area contributed by atoms with Gasteiger partial charge in [-0.25, -0.2) is 19.3 Å². The average molecular weight is 509 g/mol. The maximum absolute atomic E-state index is 13.2. The standard InChI is InChI=1S/C22H19F4N5O3S/c1-11-7-27-20(35-11)15-5-13(6-16-18(15)34-10-17(32)31(16)4-3-23)19(33)30-12(2)14-8-28-21(29-9-14)22(24,25)26/h5-9,12H,3-4,10H2,1-2H3,(H,30,33). The molecule has 0 aliphatic carbocycles. The van der Waals surface area contributed by atoms with Gasteiger partial charge < -0.3 is 15.0 Å². The molecule has 2 amide bonds. The van der Waals surface area contributed by atoms with Gasteiger partial charge in [0.2, 0.25) is 5.82 Å². The Labute approximate surface area is 201 Å². The zero-order valence-electron chi connectivity index (χ0n) is 18.5. The predicted molar refractivity (Wildman–Crippen MR) is 119 cm³/mol. The molecule has 0 radical (unpaired) electrons. The molecule has 1 aliphatic rings. The number of halogens is 4. The van der Waals surface area contributed by atoms with Gasteiger partial charge in [0.05, 0.1) is 23.8 Å². The summed E-state index contributed by atoms with van der Waals surface area (Å²) in [5.74, 6) is -2.00. The summed E-state index contributed by atoms with van der Waals surface area (Å²) < 4.78 is 57.0. The second kappa shape index (κ2) is 9.56. The molecular formula is C22H19F4N5O3S. The van der Waals surface area contributed by atoms with Crippen LogP contribution in [0.1, 0.15) is 39.6 Å². The van der Waals surface area contributed by atoms with Crippen molar-refractivity contribution in [1.82, 2.24) is 20.3 Å². The van der Waals surface area contributed by atoms with Gasteiger partial charge in [-0.05, 0) is 26.0 Å². The number of aromatic nitrogens is 3. The summed E-state index contributed by atoms with van der Waals surface area (Å²) in [5, 5.41) is 3.23. The van der Waals surface area contributed by atoms with E-state index < -0.39 is 36.5 Å². The molecule has 0 saturated carbocycles. The van der Waals surface area contributed by atoms with Gasteiger partial charge >= 0.3 is 6.18 Å². The number of hydrogen-bond donors (Lipinski definition) is 1. The number of nitrogens with zero attached hydrogens (tertiary/aromatic N) is 4. The largest absolute Gasteiger partial charge is 0.481 e. The normalized spacial score (nSPS) is 14.3. The van der Waals surface area contributed by atoms with Crippen LogP contribution < -0.4 is 15.0 Å². The van der Waals surface area contributed by atoms with Gasteiger partial charge in [0.1, 0.15) is 11.7 Å². The molecule has 1 unspecified atom stereocenters. The summed E-state index contributed by atoms with van der Waals surface area (Å²) in [6.07, 6.45) is -1.04. The topological polar surface area (TPSA) is 97.3 Å². The molecule has 3 aromatic rings. The molecular weight excluding hydrogens is 490 g/mol. The van der Waals surface area contributed by atoms with Crippen LogP contribution in [0.25, 0.3) is 10.6 Å². The Balaban J connectivity index is 1.68. The molecule has 13 heteroatoms. The minimum absolute atomic E-state index is 0.133. The second-order valence-corrected chi connectivity index (χ2v) is 8.94. The number of aryl methyl sites for hydroxylation is 1. The van der Waals surface area contributed by atoms with Crippen molar-refractivity contribution in [2.45, 2.75) is 26.1 Å². The Hall–Kier alpha value is -3.61. The van der Waals surface area contributed by atoms with Crippen LogP contribution in [0.4, 0.5) is 23.2 Å². The van der Waals surface area contributed by atoms with Crippen LogP contribution in [0.15, 0.2) is 30.7 Å². The fourth-order valence-corrected chi connectivity index (χ4v) is 4.26. The minimum atomic E-state index is -4.68. The third-order valence-electron chi connectivity index (χ3n) is 5.20. The number of fused-ring (bicyclic) bond motifs is 1. The quantitative estimate of drug-likeness (QED) is 0.503. The van der Waals surface area contributed by atoms with Crippen LogP contribution in [0.2, 0.25) is 0 Å². The number of hydrogen-bond acceptors (Lipinski definition) is 7. The monoisotopic (exact) mass is 509 g/mol. The first kappa shape index (κ1) is 24.5. The van der Waals surface area contributed by atoms with E-state index >= 15 is 0 Å². The minimum Gasteiger partial charge on any atom is -0.481 e. The lowest BCUT2D eigenvalue weighted by Crippen LogP contribution is -2.40. The number of rotatable bonds is 6. The van der Waals surface area contributed by atoms with Crippen LogP contribution in [0.5, 0.6) is 5.75 Å². The van der Waals surface area contributed by atoms with E-state index in [1.807, 2.05) is 6.92 Å². The molecule has 0 bridgehead atoms. The molecule has 1 atom stereocenters. The number of carbonyl (C=O) groups is 2. The van der Waals surface area contributed by atoms with E-state index in [1.165, 1.54) is 22.3 Å². The van der Waals surface area contributed by atoms with Gasteiger partial charge in [-0.2, -0.15) is 13.2 Å². The van der Waals surface area contributed by atoms with Crippen molar-refractivity contribution >= 4 is 28.8 Å². The SMILES string of the molecule is Cc1cnc(-c2cc(C(=O)NC(C)c3cnc(C(F)(F)F)nc3)cc3c2OCC(=O)N3CCF)s1. The second-order valence-electron chi connectivity index (χ2n) is 7.70. The molecule has 1 N–H and O–H groups in total. The van der Waals surface area contributed by atoms with E-state index in [0.29, 0.717) is 16.3 Å². The van der Waals surface area contributed by atoms with Crippen LogP contribution in [0, 0.1) is 6.92 Å². The van der Waals surface area contributed by atoms with E-state index in [0.717, 1.165) is 17.3 Å². The van der Waals surface area contributed by atoms with Crippen LogP contribution >= 0.6 is 11.3 Å².